The number of carbonyl (C=O) groups excluding carboxylic acids is 1. The molecule has 0 aliphatic heterocycles. The summed E-state index contributed by atoms with van der Waals surface area (Å²) in [4.78, 5) is 12.8. The van der Waals surface area contributed by atoms with Crippen molar-refractivity contribution in [2.75, 3.05) is 18.1 Å². The number of carbonyl (C=O) groups is 1. The number of aromatic nitrogens is 3. The molecule has 0 aromatic carbocycles. The number of thioether (sulfide) groups is 1. The number of amides is 1. The number of hydrogen-bond acceptors (Lipinski definition) is 6. The SMILES string of the molecule is Nn1c(SCC(=O)NCCc2cccs2)nnc1C(F)(F)F. The lowest BCUT2D eigenvalue weighted by atomic mass is 10.3. The fraction of sp³-hybridized carbons (Fsp3) is 0.364. The second-order valence-corrected chi connectivity index (χ2v) is 6.12. The Labute approximate surface area is 131 Å². The monoisotopic (exact) mass is 351 g/mol. The van der Waals surface area contributed by atoms with E-state index in [0.717, 1.165) is 16.6 Å². The number of halogens is 3. The second kappa shape index (κ2) is 7.01. The molecule has 2 rings (SSSR count). The molecule has 0 bridgehead atoms. The molecule has 0 saturated heterocycles. The molecule has 0 atom stereocenters. The predicted molar refractivity (Wildman–Crippen MR) is 76.9 cm³/mol. The minimum absolute atomic E-state index is 0.0857. The van der Waals surface area contributed by atoms with Crippen LogP contribution in [0.25, 0.3) is 0 Å². The fourth-order valence-electron chi connectivity index (χ4n) is 1.53. The molecule has 0 aliphatic carbocycles. The molecule has 0 saturated carbocycles. The van der Waals surface area contributed by atoms with Gasteiger partial charge in [0.2, 0.25) is 11.1 Å². The van der Waals surface area contributed by atoms with Crippen LogP contribution in [0, 0.1) is 0 Å². The van der Waals surface area contributed by atoms with E-state index < -0.39 is 12.0 Å². The van der Waals surface area contributed by atoms with E-state index in [4.69, 9.17) is 5.84 Å². The van der Waals surface area contributed by atoms with E-state index in [2.05, 4.69) is 15.5 Å². The van der Waals surface area contributed by atoms with Crippen LogP contribution in [0.4, 0.5) is 13.2 Å². The quantitative estimate of drug-likeness (QED) is 0.609. The molecule has 0 fully saturated rings. The van der Waals surface area contributed by atoms with Crippen molar-refractivity contribution in [1.82, 2.24) is 20.2 Å². The first kappa shape index (κ1) is 16.6. The van der Waals surface area contributed by atoms with Crippen LogP contribution >= 0.6 is 23.1 Å². The van der Waals surface area contributed by atoms with Crippen molar-refractivity contribution in [2.24, 2.45) is 0 Å². The van der Waals surface area contributed by atoms with Crippen molar-refractivity contribution in [3.8, 4) is 0 Å². The average Bonchev–Trinajstić information content (AvgIpc) is 3.05. The Hall–Kier alpha value is -1.75. The normalized spacial score (nSPS) is 11.6. The molecule has 2 heterocycles. The number of nitrogens with zero attached hydrogens (tertiary/aromatic N) is 3. The molecule has 1 amide bonds. The van der Waals surface area contributed by atoms with Gasteiger partial charge in [-0.25, -0.2) is 4.68 Å². The van der Waals surface area contributed by atoms with Crippen LogP contribution in [0.3, 0.4) is 0 Å². The number of nitrogens with one attached hydrogen (secondary N) is 1. The van der Waals surface area contributed by atoms with Gasteiger partial charge < -0.3 is 11.2 Å². The summed E-state index contributed by atoms with van der Waals surface area (Å²) >= 11 is 2.39. The molecular weight excluding hydrogens is 339 g/mol. The molecule has 2 aromatic heterocycles. The maximum Gasteiger partial charge on any atom is 0.453 e. The number of thiophene rings is 1. The van der Waals surface area contributed by atoms with Gasteiger partial charge in [0.1, 0.15) is 0 Å². The van der Waals surface area contributed by atoms with Crippen molar-refractivity contribution in [2.45, 2.75) is 17.8 Å². The largest absolute Gasteiger partial charge is 0.453 e. The lowest BCUT2D eigenvalue weighted by Crippen LogP contribution is -2.27. The second-order valence-electron chi connectivity index (χ2n) is 4.14. The Balaban J connectivity index is 1.78. The number of nitrogens with two attached hydrogens (primary N) is 1. The smallest absolute Gasteiger partial charge is 0.355 e. The first-order chi connectivity index (χ1) is 10.4. The van der Waals surface area contributed by atoms with Crippen LogP contribution in [-0.2, 0) is 17.4 Å². The molecule has 0 aliphatic rings. The molecule has 22 heavy (non-hydrogen) atoms. The van der Waals surface area contributed by atoms with Gasteiger partial charge in [-0.3, -0.25) is 4.79 Å². The Morgan fingerprint density at radius 3 is 2.82 bits per heavy atom. The Bertz CT molecular complexity index is 626. The number of rotatable bonds is 6. The van der Waals surface area contributed by atoms with Crippen molar-refractivity contribution < 1.29 is 18.0 Å². The standard InChI is InChI=1S/C11H12F3N5OS2/c12-11(13,14)9-17-18-10(19(9)15)22-6-8(20)16-4-3-7-2-1-5-21-7/h1-2,5H,3-4,6,15H2,(H,16,20). The van der Waals surface area contributed by atoms with Gasteiger partial charge in [-0.15, -0.1) is 21.5 Å². The highest BCUT2D eigenvalue weighted by Crippen LogP contribution is 2.28. The average molecular weight is 351 g/mol. The van der Waals surface area contributed by atoms with Gasteiger partial charge in [-0.05, 0) is 17.9 Å². The van der Waals surface area contributed by atoms with Crippen LogP contribution in [0.2, 0.25) is 0 Å². The lowest BCUT2D eigenvalue weighted by molar-refractivity contribution is -0.146. The minimum Gasteiger partial charge on any atom is -0.355 e. The predicted octanol–water partition coefficient (Wildman–Crippen LogP) is 1.52. The fourth-order valence-corrected chi connectivity index (χ4v) is 2.93. The van der Waals surface area contributed by atoms with E-state index in [1.807, 2.05) is 17.5 Å². The van der Waals surface area contributed by atoms with Gasteiger partial charge in [0.15, 0.2) is 0 Å². The summed E-state index contributed by atoms with van der Waals surface area (Å²) in [7, 11) is 0. The van der Waals surface area contributed by atoms with Crippen LogP contribution in [0.1, 0.15) is 10.7 Å². The van der Waals surface area contributed by atoms with E-state index in [9.17, 15) is 18.0 Å². The molecule has 0 radical (unpaired) electrons. The van der Waals surface area contributed by atoms with Crippen molar-refractivity contribution in [3.63, 3.8) is 0 Å². The summed E-state index contributed by atoms with van der Waals surface area (Å²) in [5.74, 6) is 3.57. The number of nitrogen functional groups attached to an aromatic ring is 1. The molecule has 3 N–H and O–H groups in total. The summed E-state index contributed by atoms with van der Waals surface area (Å²) < 4.78 is 37.8. The van der Waals surface area contributed by atoms with E-state index in [0.29, 0.717) is 17.6 Å². The Morgan fingerprint density at radius 1 is 1.45 bits per heavy atom. The van der Waals surface area contributed by atoms with Crippen LogP contribution in [0.15, 0.2) is 22.7 Å². The topological polar surface area (TPSA) is 85.8 Å². The molecule has 0 unspecified atom stereocenters. The Kier molecular flexibility index (Phi) is 5.29. The Morgan fingerprint density at radius 2 is 2.23 bits per heavy atom. The lowest BCUT2D eigenvalue weighted by Gasteiger charge is -2.06. The highest BCUT2D eigenvalue weighted by molar-refractivity contribution is 7.99. The first-order valence-electron chi connectivity index (χ1n) is 6.07. The summed E-state index contributed by atoms with van der Waals surface area (Å²) in [5, 5.41) is 10.8. The molecule has 120 valence electrons. The summed E-state index contributed by atoms with van der Waals surface area (Å²) in [6.45, 7) is 0.461. The zero-order valence-electron chi connectivity index (χ0n) is 11.1. The van der Waals surface area contributed by atoms with Gasteiger partial charge >= 0.3 is 6.18 Å². The molecular formula is C11H12F3N5OS2. The van der Waals surface area contributed by atoms with Crippen LogP contribution < -0.4 is 11.2 Å². The third-order valence-electron chi connectivity index (χ3n) is 2.52. The summed E-state index contributed by atoms with van der Waals surface area (Å²) in [6, 6.07) is 3.88. The van der Waals surface area contributed by atoms with Gasteiger partial charge in [-0.2, -0.15) is 13.2 Å². The van der Waals surface area contributed by atoms with Crippen LogP contribution in [-0.4, -0.2) is 33.1 Å². The van der Waals surface area contributed by atoms with E-state index in [1.54, 1.807) is 11.3 Å². The zero-order chi connectivity index (χ0) is 16.2. The minimum atomic E-state index is -4.68. The van der Waals surface area contributed by atoms with Crippen molar-refractivity contribution in [3.05, 3.63) is 28.2 Å². The zero-order valence-corrected chi connectivity index (χ0v) is 12.8. The number of hydrogen-bond donors (Lipinski definition) is 2. The van der Waals surface area contributed by atoms with Crippen molar-refractivity contribution in [1.29, 1.82) is 0 Å². The third kappa shape index (κ3) is 4.37. The number of alkyl halides is 3. The van der Waals surface area contributed by atoms with Gasteiger partial charge in [0.25, 0.3) is 5.82 Å². The molecule has 2 aromatic rings. The van der Waals surface area contributed by atoms with Gasteiger partial charge in [-0.1, -0.05) is 17.8 Å². The maximum absolute atomic E-state index is 12.5. The molecule has 11 heteroatoms. The third-order valence-corrected chi connectivity index (χ3v) is 4.40. The maximum atomic E-state index is 12.5. The van der Waals surface area contributed by atoms with E-state index in [1.165, 1.54) is 0 Å². The van der Waals surface area contributed by atoms with Crippen molar-refractivity contribution >= 4 is 29.0 Å². The molecule has 0 spiro atoms. The van der Waals surface area contributed by atoms with E-state index in [-0.39, 0.29) is 16.8 Å². The molecule has 6 nitrogen and oxygen atoms in total. The van der Waals surface area contributed by atoms with Crippen LogP contribution in [0.5, 0.6) is 0 Å². The van der Waals surface area contributed by atoms with Gasteiger partial charge in [0.05, 0.1) is 5.75 Å². The summed E-state index contributed by atoms with van der Waals surface area (Å²) in [5.41, 5.74) is 0. The van der Waals surface area contributed by atoms with Gasteiger partial charge in [0, 0.05) is 11.4 Å². The first-order valence-corrected chi connectivity index (χ1v) is 7.94. The summed E-state index contributed by atoms with van der Waals surface area (Å²) in [6.07, 6.45) is -3.97. The highest BCUT2D eigenvalue weighted by atomic mass is 32.2. The highest BCUT2D eigenvalue weighted by Gasteiger charge is 2.38. The van der Waals surface area contributed by atoms with E-state index >= 15 is 0 Å².